The molecular formula is C23H14Cl4N6O. The molecule has 11 heteroatoms. The molecule has 0 aliphatic heterocycles. The molecule has 0 aliphatic rings. The van der Waals surface area contributed by atoms with E-state index >= 15 is 0 Å². The molecule has 170 valence electrons. The topological polar surface area (TPSA) is 81.6 Å². The monoisotopic (exact) mass is 530 g/mol. The molecule has 0 radical (unpaired) electrons. The zero-order chi connectivity index (χ0) is 23.9. The minimum Gasteiger partial charge on any atom is -0.374 e. The third kappa shape index (κ3) is 3.66. The van der Waals surface area contributed by atoms with Gasteiger partial charge >= 0.3 is 0 Å². The van der Waals surface area contributed by atoms with Gasteiger partial charge in [-0.3, -0.25) is 0 Å². The number of fused-ring (bicyclic) bond motifs is 2. The summed E-state index contributed by atoms with van der Waals surface area (Å²) in [4.78, 5) is 0. The second-order valence-electron chi connectivity index (χ2n) is 7.27. The van der Waals surface area contributed by atoms with E-state index in [0.29, 0.717) is 27.6 Å². The summed E-state index contributed by atoms with van der Waals surface area (Å²) in [6, 6.07) is 22.9. The lowest BCUT2D eigenvalue weighted by Crippen LogP contribution is -2.29. The molecule has 2 aromatic heterocycles. The first kappa shape index (κ1) is 22.8. The molecular weight excluding hydrogens is 518 g/mol. The highest BCUT2D eigenvalue weighted by molar-refractivity contribution is 6.55. The summed E-state index contributed by atoms with van der Waals surface area (Å²) in [5, 5.41) is 27.7. The number of hydrogen-bond donors (Lipinski definition) is 1. The van der Waals surface area contributed by atoms with Gasteiger partial charge < -0.3 is 5.11 Å². The van der Waals surface area contributed by atoms with E-state index in [-0.39, 0.29) is 20.4 Å². The molecule has 0 saturated heterocycles. The van der Waals surface area contributed by atoms with Gasteiger partial charge in [-0.05, 0) is 29.8 Å². The summed E-state index contributed by atoms with van der Waals surface area (Å²) in [7, 11) is 0. The van der Waals surface area contributed by atoms with E-state index in [1.807, 2.05) is 24.3 Å². The quantitative estimate of drug-likeness (QED) is 0.302. The molecule has 0 bridgehead atoms. The highest BCUT2D eigenvalue weighted by Crippen LogP contribution is 2.47. The average Bonchev–Trinajstić information content (AvgIpc) is 3.51. The predicted molar refractivity (Wildman–Crippen MR) is 135 cm³/mol. The van der Waals surface area contributed by atoms with Crippen molar-refractivity contribution < 1.29 is 5.11 Å². The van der Waals surface area contributed by atoms with E-state index in [4.69, 9.17) is 46.4 Å². The first-order valence-electron chi connectivity index (χ1n) is 9.94. The van der Waals surface area contributed by atoms with E-state index in [0.717, 1.165) is 0 Å². The van der Waals surface area contributed by atoms with Gasteiger partial charge in [-0.15, -0.1) is 10.2 Å². The normalized spacial score (nSPS) is 15.2. The van der Waals surface area contributed by atoms with Crippen LogP contribution in [-0.4, -0.2) is 35.1 Å². The van der Waals surface area contributed by atoms with Crippen molar-refractivity contribution in [3.05, 3.63) is 94.5 Å². The van der Waals surface area contributed by atoms with E-state index in [9.17, 15) is 5.11 Å². The Labute approximate surface area is 213 Å². The van der Waals surface area contributed by atoms with Crippen LogP contribution in [0.15, 0.2) is 88.9 Å². The van der Waals surface area contributed by atoms with E-state index in [1.165, 1.54) is 9.36 Å². The van der Waals surface area contributed by atoms with Gasteiger partial charge in [-0.2, -0.15) is 0 Å². The lowest BCUT2D eigenvalue weighted by molar-refractivity contribution is 0.134. The van der Waals surface area contributed by atoms with Crippen molar-refractivity contribution in [2.75, 3.05) is 0 Å². The molecule has 0 saturated carbocycles. The maximum absolute atomic E-state index is 12.0. The fraction of sp³-hybridized carbons (Fsp3) is 0.0435. The number of nitrogens with zero attached hydrogens (tertiary/aromatic N) is 6. The van der Waals surface area contributed by atoms with Crippen LogP contribution in [0.1, 0.15) is 5.56 Å². The van der Waals surface area contributed by atoms with Crippen LogP contribution in [0.3, 0.4) is 0 Å². The molecule has 7 nitrogen and oxygen atoms in total. The Morgan fingerprint density at radius 3 is 1.50 bits per heavy atom. The minimum atomic E-state index is -2.14. The average molecular weight is 532 g/mol. The number of rotatable bonds is 5. The van der Waals surface area contributed by atoms with Crippen LogP contribution in [0.2, 0.25) is 0 Å². The molecule has 34 heavy (non-hydrogen) atoms. The first-order valence-corrected chi connectivity index (χ1v) is 11.4. The van der Waals surface area contributed by atoms with E-state index in [2.05, 4.69) is 20.6 Å². The SMILES string of the molecule is OC(C(Cl)=C(Cl)n1nnc2ccccc21)(C(Cl)=C(Cl)n1nnc2ccccc21)c1ccccc1. The minimum absolute atomic E-state index is 0.104. The van der Waals surface area contributed by atoms with Gasteiger partial charge in [0, 0.05) is 0 Å². The van der Waals surface area contributed by atoms with Crippen molar-refractivity contribution in [1.29, 1.82) is 0 Å². The van der Waals surface area contributed by atoms with Crippen LogP contribution < -0.4 is 0 Å². The zero-order valence-corrected chi connectivity index (χ0v) is 20.2. The van der Waals surface area contributed by atoms with Crippen molar-refractivity contribution >= 4 is 78.8 Å². The molecule has 5 aromatic rings. The second-order valence-corrected chi connectivity index (χ2v) is 8.74. The van der Waals surface area contributed by atoms with Gasteiger partial charge in [0.25, 0.3) is 0 Å². The highest BCUT2D eigenvalue weighted by atomic mass is 35.5. The number of halogens is 4. The van der Waals surface area contributed by atoms with Crippen LogP contribution in [-0.2, 0) is 5.60 Å². The summed E-state index contributed by atoms with van der Waals surface area (Å²) in [6.45, 7) is 0. The number of para-hydroxylation sites is 2. The fourth-order valence-electron chi connectivity index (χ4n) is 3.54. The van der Waals surface area contributed by atoms with Crippen LogP contribution in [0.4, 0.5) is 0 Å². The Morgan fingerprint density at radius 1 is 0.618 bits per heavy atom. The molecule has 0 unspecified atom stereocenters. The maximum Gasteiger partial charge on any atom is 0.167 e. The van der Waals surface area contributed by atoms with Crippen LogP contribution in [0.5, 0.6) is 0 Å². The number of aliphatic hydroxyl groups is 1. The second kappa shape index (κ2) is 9.02. The van der Waals surface area contributed by atoms with Crippen LogP contribution in [0, 0.1) is 0 Å². The fourth-order valence-corrected chi connectivity index (χ4v) is 4.68. The number of benzene rings is 3. The summed E-state index contributed by atoms with van der Waals surface area (Å²) in [6.07, 6.45) is 0. The Balaban J connectivity index is 1.75. The number of hydrogen-bond acceptors (Lipinski definition) is 5. The molecule has 0 atom stereocenters. The van der Waals surface area contributed by atoms with Gasteiger partial charge in [-0.1, -0.05) is 111 Å². The summed E-state index contributed by atoms with van der Waals surface area (Å²) >= 11 is 26.9. The van der Waals surface area contributed by atoms with E-state index in [1.54, 1.807) is 54.6 Å². The molecule has 0 fully saturated rings. The lowest BCUT2D eigenvalue weighted by atomic mass is 9.92. The van der Waals surface area contributed by atoms with Crippen LogP contribution >= 0.6 is 46.4 Å². The van der Waals surface area contributed by atoms with Gasteiger partial charge in [0.2, 0.25) is 0 Å². The van der Waals surface area contributed by atoms with Gasteiger partial charge in [0.1, 0.15) is 11.0 Å². The molecule has 0 spiro atoms. The zero-order valence-electron chi connectivity index (χ0n) is 17.1. The van der Waals surface area contributed by atoms with Gasteiger partial charge in [0.15, 0.2) is 15.9 Å². The van der Waals surface area contributed by atoms with Crippen LogP contribution in [0.25, 0.3) is 32.4 Å². The molecule has 3 aromatic carbocycles. The third-order valence-electron chi connectivity index (χ3n) is 5.26. The lowest BCUT2D eigenvalue weighted by Gasteiger charge is -2.29. The summed E-state index contributed by atoms with van der Waals surface area (Å²) in [5.74, 6) is 0. The Morgan fingerprint density at radius 2 is 1.03 bits per heavy atom. The third-order valence-corrected chi connectivity index (χ3v) is 7.06. The Kier molecular flexibility index (Phi) is 6.06. The largest absolute Gasteiger partial charge is 0.374 e. The van der Waals surface area contributed by atoms with Gasteiger partial charge in [0.05, 0.1) is 21.1 Å². The number of aromatic nitrogens is 6. The van der Waals surface area contributed by atoms with Crippen molar-refractivity contribution in [2.45, 2.75) is 5.60 Å². The molecule has 5 rings (SSSR count). The first-order chi connectivity index (χ1) is 16.4. The molecule has 1 N–H and O–H groups in total. The molecule has 2 heterocycles. The standard InChI is InChI=1S/C23H14Cl4N6O/c24-19(21(26)32-17-12-6-4-10-15(17)28-30-32)23(34,14-8-2-1-3-9-14)20(25)22(27)33-18-13-7-5-11-16(18)29-31-33/h1-13,34H. The maximum atomic E-state index is 12.0. The van der Waals surface area contributed by atoms with Crippen molar-refractivity contribution in [3.63, 3.8) is 0 Å². The summed E-state index contributed by atoms with van der Waals surface area (Å²) in [5.41, 5.74) is 0.571. The highest BCUT2D eigenvalue weighted by Gasteiger charge is 2.42. The van der Waals surface area contributed by atoms with Gasteiger partial charge in [-0.25, -0.2) is 9.36 Å². The Bertz CT molecular complexity index is 1480. The molecule has 0 aliphatic carbocycles. The van der Waals surface area contributed by atoms with Crippen molar-refractivity contribution in [1.82, 2.24) is 30.0 Å². The predicted octanol–water partition coefficient (Wildman–Crippen LogP) is 5.97. The van der Waals surface area contributed by atoms with E-state index < -0.39 is 5.60 Å². The van der Waals surface area contributed by atoms with Crippen molar-refractivity contribution in [3.8, 4) is 0 Å². The summed E-state index contributed by atoms with van der Waals surface area (Å²) < 4.78 is 2.63. The Hall–Kier alpha value is -2.94. The van der Waals surface area contributed by atoms with Crippen molar-refractivity contribution in [2.24, 2.45) is 0 Å². The molecule has 0 amide bonds. The smallest absolute Gasteiger partial charge is 0.167 e.